The average Bonchev–Trinajstić information content (AvgIpc) is 2.17. The van der Waals surface area contributed by atoms with Gasteiger partial charge in [-0.3, -0.25) is 19.3 Å². The zero-order chi connectivity index (χ0) is 12.1. The minimum atomic E-state index is -0.340. The van der Waals surface area contributed by atoms with Crippen molar-refractivity contribution in [3.63, 3.8) is 0 Å². The van der Waals surface area contributed by atoms with E-state index in [-0.39, 0.29) is 24.4 Å². The van der Waals surface area contributed by atoms with Crippen molar-refractivity contribution >= 4 is 11.8 Å². The van der Waals surface area contributed by atoms with Gasteiger partial charge in [0.15, 0.2) is 0 Å². The predicted octanol–water partition coefficient (Wildman–Crippen LogP) is -0.654. The van der Waals surface area contributed by atoms with Crippen LogP contribution in [0.25, 0.3) is 0 Å². The van der Waals surface area contributed by atoms with Crippen molar-refractivity contribution < 1.29 is 14.4 Å². The molecule has 1 aliphatic rings. The summed E-state index contributed by atoms with van der Waals surface area (Å²) < 4.78 is 0. The van der Waals surface area contributed by atoms with Gasteiger partial charge in [-0.05, 0) is 19.4 Å². The number of amides is 2. The highest BCUT2D eigenvalue weighted by Crippen LogP contribution is 2.15. The van der Waals surface area contributed by atoms with Gasteiger partial charge in [0.25, 0.3) is 0 Å². The van der Waals surface area contributed by atoms with Crippen molar-refractivity contribution in [3.05, 3.63) is 0 Å². The minimum Gasteiger partial charge on any atom is -0.369 e. The molecule has 0 radical (unpaired) electrons. The number of primary amides is 1. The lowest BCUT2D eigenvalue weighted by Crippen LogP contribution is -2.50. The second-order valence-electron chi connectivity index (χ2n) is 4.02. The summed E-state index contributed by atoms with van der Waals surface area (Å²) in [5.74, 6) is -0.458. The Hall–Kier alpha value is -1.14. The summed E-state index contributed by atoms with van der Waals surface area (Å²) in [5.41, 5.74) is 5.14. The summed E-state index contributed by atoms with van der Waals surface area (Å²) >= 11 is 0. The minimum absolute atomic E-state index is 0.00981. The van der Waals surface area contributed by atoms with Crippen LogP contribution in [0.3, 0.4) is 0 Å². The molecule has 1 atom stereocenters. The molecule has 0 aliphatic carbocycles. The third-order valence-electron chi connectivity index (χ3n) is 2.70. The Morgan fingerprint density at radius 2 is 2.25 bits per heavy atom. The Balaban J connectivity index is 2.55. The Bertz CT molecular complexity index is 270. The monoisotopic (exact) mass is 229 g/mol. The lowest BCUT2D eigenvalue weighted by Gasteiger charge is -2.36. The highest BCUT2D eigenvalue weighted by Gasteiger charge is 2.27. The van der Waals surface area contributed by atoms with Gasteiger partial charge in [0.05, 0.1) is 19.7 Å². The lowest BCUT2D eigenvalue weighted by molar-refractivity contribution is -0.190. The molecule has 1 rings (SSSR count). The number of carbonyl (C=O) groups is 2. The van der Waals surface area contributed by atoms with E-state index < -0.39 is 0 Å². The van der Waals surface area contributed by atoms with Gasteiger partial charge < -0.3 is 5.73 Å². The second kappa shape index (κ2) is 5.81. The maximum Gasteiger partial charge on any atom is 0.243 e. The number of rotatable bonds is 4. The maximum absolute atomic E-state index is 11.3. The molecule has 6 nitrogen and oxygen atoms in total. The van der Waals surface area contributed by atoms with E-state index in [4.69, 9.17) is 10.6 Å². The van der Waals surface area contributed by atoms with Crippen LogP contribution in [0.1, 0.15) is 19.8 Å². The van der Waals surface area contributed by atoms with Gasteiger partial charge in [-0.1, -0.05) is 0 Å². The molecule has 6 heteroatoms. The van der Waals surface area contributed by atoms with Crippen LogP contribution in [0.15, 0.2) is 0 Å². The summed E-state index contributed by atoms with van der Waals surface area (Å²) in [6.45, 7) is 3.19. The van der Waals surface area contributed by atoms with Gasteiger partial charge in [-0.15, -0.1) is 0 Å². The quantitative estimate of drug-likeness (QED) is 0.650. The summed E-state index contributed by atoms with van der Waals surface area (Å²) in [6.07, 6.45) is 1.83. The normalized spacial score (nSPS) is 21.8. The van der Waals surface area contributed by atoms with Crippen molar-refractivity contribution in [3.8, 4) is 0 Å². The summed E-state index contributed by atoms with van der Waals surface area (Å²) in [5, 5.41) is 1.37. The molecule has 0 aromatic heterocycles. The third-order valence-corrected chi connectivity index (χ3v) is 2.70. The van der Waals surface area contributed by atoms with E-state index in [1.807, 2.05) is 4.90 Å². The molecule has 0 saturated carbocycles. The van der Waals surface area contributed by atoms with Crippen LogP contribution in [0.4, 0.5) is 0 Å². The molecular formula is C10H19N3O3. The van der Waals surface area contributed by atoms with Crippen molar-refractivity contribution in [2.45, 2.75) is 25.8 Å². The van der Waals surface area contributed by atoms with Crippen LogP contribution in [-0.2, 0) is 14.4 Å². The first-order valence-electron chi connectivity index (χ1n) is 5.39. The molecule has 2 N–H and O–H groups in total. The topological polar surface area (TPSA) is 75.9 Å². The number of piperidine rings is 1. The van der Waals surface area contributed by atoms with E-state index in [1.165, 1.54) is 19.1 Å². The fraction of sp³-hybridized carbons (Fsp3) is 0.800. The van der Waals surface area contributed by atoms with Gasteiger partial charge in [0.1, 0.15) is 0 Å². The summed E-state index contributed by atoms with van der Waals surface area (Å²) in [6, 6.07) is 0.00981. The number of hydrogen-bond donors (Lipinski definition) is 1. The van der Waals surface area contributed by atoms with Crippen LogP contribution in [0.2, 0.25) is 0 Å². The molecule has 2 amide bonds. The molecule has 16 heavy (non-hydrogen) atoms. The van der Waals surface area contributed by atoms with E-state index >= 15 is 0 Å². The number of hydroxylamine groups is 2. The Morgan fingerprint density at radius 1 is 1.56 bits per heavy atom. The van der Waals surface area contributed by atoms with E-state index in [0.29, 0.717) is 6.54 Å². The van der Waals surface area contributed by atoms with Gasteiger partial charge in [-0.25, -0.2) is 5.06 Å². The van der Waals surface area contributed by atoms with Gasteiger partial charge >= 0.3 is 0 Å². The van der Waals surface area contributed by atoms with Crippen LogP contribution < -0.4 is 5.73 Å². The number of nitrogens with two attached hydrogens (primary N) is 1. The highest BCUT2D eigenvalue weighted by molar-refractivity contribution is 5.76. The zero-order valence-electron chi connectivity index (χ0n) is 9.81. The summed E-state index contributed by atoms with van der Waals surface area (Å²) in [4.78, 5) is 29.1. The average molecular weight is 229 g/mol. The number of likely N-dealkylation sites (tertiary alicyclic amines) is 1. The van der Waals surface area contributed by atoms with E-state index in [1.54, 1.807) is 0 Å². The van der Waals surface area contributed by atoms with Gasteiger partial charge in [0.2, 0.25) is 11.8 Å². The van der Waals surface area contributed by atoms with Gasteiger partial charge in [-0.2, -0.15) is 0 Å². The molecular weight excluding hydrogens is 210 g/mol. The van der Waals surface area contributed by atoms with Crippen molar-refractivity contribution in [2.24, 2.45) is 5.73 Å². The number of carbonyl (C=O) groups excluding carboxylic acids is 2. The van der Waals surface area contributed by atoms with Crippen molar-refractivity contribution in [1.82, 2.24) is 9.96 Å². The first kappa shape index (κ1) is 12.9. The standard InChI is InChI=1S/C10H19N3O3/c1-8(14)13(16-2)9-4-3-5-12(6-9)7-10(11)15/h9H,3-7H2,1-2H3,(H2,11,15). The highest BCUT2D eigenvalue weighted by atomic mass is 16.7. The molecule has 1 saturated heterocycles. The van der Waals surface area contributed by atoms with Crippen molar-refractivity contribution in [2.75, 3.05) is 26.7 Å². The van der Waals surface area contributed by atoms with Crippen LogP contribution in [0.5, 0.6) is 0 Å². The number of nitrogens with zero attached hydrogens (tertiary/aromatic N) is 2. The lowest BCUT2D eigenvalue weighted by atomic mass is 10.1. The smallest absolute Gasteiger partial charge is 0.243 e. The Kier molecular flexibility index (Phi) is 4.70. The SMILES string of the molecule is CON(C(C)=O)C1CCCN(CC(N)=O)C1. The molecule has 92 valence electrons. The molecule has 0 aromatic carbocycles. The third kappa shape index (κ3) is 3.46. The molecule has 0 aromatic rings. The fourth-order valence-corrected chi connectivity index (χ4v) is 2.12. The van der Waals surface area contributed by atoms with E-state index in [2.05, 4.69) is 0 Å². The fourth-order valence-electron chi connectivity index (χ4n) is 2.12. The largest absolute Gasteiger partial charge is 0.369 e. The zero-order valence-corrected chi connectivity index (χ0v) is 9.81. The van der Waals surface area contributed by atoms with E-state index in [9.17, 15) is 9.59 Å². The van der Waals surface area contributed by atoms with Gasteiger partial charge in [0, 0.05) is 13.5 Å². The Morgan fingerprint density at radius 3 is 2.75 bits per heavy atom. The van der Waals surface area contributed by atoms with Crippen LogP contribution in [-0.4, -0.2) is 54.6 Å². The molecule has 1 fully saturated rings. The predicted molar refractivity (Wildman–Crippen MR) is 58.2 cm³/mol. The molecule has 0 spiro atoms. The molecule has 0 bridgehead atoms. The Labute approximate surface area is 95.3 Å². The first-order chi connectivity index (χ1) is 7.54. The van der Waals surface area contributed by atoms with E-state index in [0.717, 1.165) is 19.4 Å². The van der Waals surface area contributed by atoms with Crippen molar-refractivity contribution in [1.29, 1.82) is 0 Å². The molecule has 1 aliphatic heterocycles. The number of hydrogen-bond acceptors (Lipinski definition) is 4. The second-order valence-corrected chi connectivity index (χ2v) is 4.02. The molecule has 1 heterocycles. The molecule has 1 unspecified atom stereocenters. The first-order valence-corrected chi connectivity index (χ1v) is 5.39. The van der Waals surface area contributed by atoms with Crippen LogP contribution in [0, 0.1) is 0 Å². The maximum atomic E-state index is 11.3. The van der Waals surface area contributed by atoms with Crippen LogP contribution >= 0.6 is 0 Å². The summed E-state index contributed by atoms with van der Waals surface area (Å²) in [7, 11) is 1.48.